The Kier molecular flexibility index (Phi) is 7.24. The van der Waals surface area contributed by atoms with E-state index in [0.717, 1.165) is 0 Å². The first-order valence-electron chi connectivity index (χ1n) is 5.04. The van der Waals surface area contributed by atoms with Gasteiger partial charge in [0.05, 0.1) is 6.61 Å². The minimum Gasteiger partial charge on any atom is -0.463 e. The number of esters is 1. The number of Topliss-reactive ketones (excluding diaryl/α,β-unsaturated/α-hetero) is 1. The zero-order valence-corrected chi connectivity index (χ0v) is 9.53. The van der Waals surface area contributed by atoms with Gasteiger partial charge in [0.15, 0.2) is 0 Å². The number of ether oxygens (including phenoxy) is 1. The lowest BCUT2D eigenvalue weighted by Crippen LogP contribution is -2.11. The van der Waals surface area contributed by atoms with Gasteiger partial charge in [-0.1, -0.05) is 25.2 Å². The molecule has 0 radical (unpaired) electrons. The summed E-state index contributed by atoms with van der Waals surface area (Å²) in [4.78, 5) is 21.9. The third kappa shape index (κ3) is 7.67. The summed E-state index contributed by atoms with van der Waals surface area (Å²) in [7, 11) is 0. The normalized spacial score (nSPS) is 13.3. The molecule has 15 heavy (non-hydrogen) atoms. The molecule has 0 N–H and O–H groups in total. The van der Waals surface area contributed by atoms with Gasteiger partial charge in [-0.25, -0.2) is 4.79 Å². The Morgan fingerprint density at radius 1 is 1.33 bits per heavy atom. The molecule has 0 aliphatic rings. The molecule has 1 atom stereocenters. The zero-order valence-electron chi connectivity index (χ0n) is 9.53. The van der Waals surface area contributed by atoms with Gasteiger partial charge >= 0.3 is 5.97 Å². The van der Waals surface area contributed by atoms with Crippen molar-refractivity contribution in [2.45, 2.75) is 27.2 Å². The van der Waals surface area contributed by atoms with E-state index >= 15 is 0 Å². The van der Waals surface area contributed by atoms with E-state index in [1.165, 1.54) is 6.08 Å². The van der Waals surface area contributed by atoms with Crippen LogP contribution >= 0.6 is 0 Å². The van der Waals surface area contributed by atoms with Gasteiger partial charge < -0.3 is 4.74 Å². The van der Waals surface area contributed by atoms with Crippen LogP contribution < -0.4 is 0 Å². The second-order valence-electron chi connectivity index (χ2n) is 3.35. The van der Waals surface area contributed by atoms with Crippen molar-refractivity contribution in [1.29, 1.82) is 0 Å². The van der Waals surface area contributed by atoms with Crippen molar-refractivity contribution in [2.75, 3.05) is 6.61 Å². The van der Waals surface area contributed by atoms with Gasteiger partial charge in [-0.3, -0.25) is 4.79 Å². The number of carbonyl (C=O) groups is 2. The van der Waals surface area contributed by atoms with Crippen molar-refractivity contribution >= 4 is 11.8 Å². The molecule has 3 nitrogen and oxygen atoms in total. The van der Waals surface area contributed by atoms with Gasteiger partial charge in [-0.15, -0.1) is 0 Å². The Morgan fingerprint density at radius 3 is 2.53 bits per heavy atom. The maximum Gasteiger partial charge on any atom is 0.330 e. The van der Waals surface area contributed by atoms with Crippen LogP contribution in [-0.2, 0) is 14.3 Å². The van der Waals surface area contributed by atoms with Crippen LogP contribution in [0.4, 0.5) is 0 Å². The van der Waals surface area contributed by atoms with E-state index in [0.29, 0.717) is 13.0 Å². The molecule has 0 aliphatic carbocycles. The standard InChI is InChI=1S/C12H18O3/c1-4-5-6-7-12(14)15-9-8-10(2)11(3)13/h4-7,10H,8-9H2,1-3H3/b5-4+,7-6-. The lowest BCUT2D eigenvalue weighted by atomic mass is 10.1. The molecular weight excluding hydrogens is 192 g/mol. The molecule has 0 saturated heterocycles. The summed E-state index contributed by atoms with van der Waals surface area (Å²) in [6.45, 7) is 5.52. The topological polar surface area (TPSA) is 43.4 Å². The first kappa shape index (κ1) is 13.6. The van der Waals surface area contributed by atoms with E-state index in [9.17, 15) is 9.59 Å². The van der Waals surface area contributed by atoms with Crippen LogP contribution in [0.1, 0.15) is 27.2 Å². The molecule has 0 aromatic heterocycles. The van der Waals surface area contributed by atoms with Crippen molar-refractivity contribution in [1.82, 2.24) is 0 Å². The van der Waals surface area contributed by atoms with Crippen molar-refractivity contribution in [3.05, 3.63) is 24.3 Å². The van der Waals surface area contributed by atoms with Crippen molar-refractivity contribution in [3.63, 3.8) is 0 Å². The Balaban J connectivity index is 3.68. The van der Waals surface area contributed by atoms with E-state index in [4.69, 9.17) is 4.74 Å². The Hall–Kier alpha value is -1.38. The van der Waals surface area contributed by atoms with Gasteiger partial charge in [0.1, 0.15) is 5.78 Å². The summed E-state index contributed by atoms with van der Waals surface area (Å²) in [6, 6.07) is 0. The van der Waals surface area contributed by atoms with Crippen LogP contribution in [0, 0.1) is 5.92 Å². The first-order chi connectivity index (χ1) is 7.07. The second kappa shape index (κ2) is 7.97. The molecule has 0 fully saturated rings. The van der Waals surface area contributed by atoms with Gasteiger partial charge in [0.2, 0.25) is 0 Å². The smallest absolute Gasteiger partial charge is 0.330 e. The molecule has 1 unspecified atom stereocenters. The highest BCUT2D eigenvalue weighted by atomic mass is 16.5. The highest BCUT2D eigenvalue weighted by molar-refractivity contribution is 5.82. The van der Waals surface area contributed by atoms with E-state index in [2.05, 4.69) is 0 Å². The molecule has 0 amide bonds. The molecule has 0 spiro atoms. The average molecular weight is 210 g/mol. The lowest BCUT2D eigenvalue weighted by Gasteiger charge is -2.06. The van der Waals surface area contributed by atoms with E-state index < -0.39 is 0 Å². The molecule has 0 aromatic carbocycles. The fourth-order valence-electron chi connectivity index (χ4n) is 0.833. The van der Waals surface area contributed by atoms with Crippen LogP contribution in [0.2, 0.25) is 0 Å². The molecule has 0 heterocycles. The molecule has 0 saturated carbocycles. The fraction of sp³-hybridized carbons (Fsp3) is 0.500. The van der Waals surface area contributed by atoms with Crippen molar-refractivity contribution in [2.24, 2.45) is 5.92 Å². The molecule has 3 heteroatoms. The minimum atomic E-state index is -0.371. The molecular formula is C12H18O3. The number of ketones is 1. The first-order valence-corrected chi connectivity index (χ1v) is 5.04. The summed E-state index contributed by atoms with van der Waals surface area (Å²) in [5.41, 5.74) is 0. The number of allylic oxidation sites excluding steroid dienone is 3. The average Bonchev–Trinajstić information content (AvgIpc) is 2.18. The Bertz CT molecular complexity index is 264. The van der Waals surface area contributed by atoms with Crippen molar-refractivity contribution in [3.8, 4) is 0 Å². The summed E-state index contributed by atoms with van der Waals surface area (Å²) in [5, 5.41) is 0. The fourth-order valence-corrected chi connectivity index (χ4v) is 0.833. The Labute approximate surface area is 90.8 Å². The number of rotatable bonds is 6. The summed E-state index contributed by atoms with van der Waals surface area (Å²) in [5.74, 6) is -0.295. The van der Waals surface area contributed by atoms with Crippen LogP contribution in [-0.4, -0.2) is 18.4 Å². The third-order valence-electron chi connectivity index (χ3n) is 2.03. The summed E-state index contributed by atoms with van der Waals surface area (Å²) < 4.78 is 4.90. The maximum absolute atomic E-state index is 11.0. The SMILES string of the molecule is C/C=C/C=C\C(=O)OCCC(C)C(C)=O. The molecule has 0 rings (SSSR count). The van der Waals surface area contributed by atoms with E-state index in [-0.39, 0.29) is 17.7 Å². The monoisotopic (exact) mass is 210 g/mol. The van der Waals surface area contributed by atoms with Gasteiger partial charge in [0.25, 0.3) is 0 Å². The van der Waals surface area contributed by atoms with E-state index in [1.807, 2.05) is 19.9 Å². The second-order valence-corrected chi connectivity index (χ2v) is 3.35. The predicted octanol–water partition coefficient (Wildman–Crippen LogP) is 2.28. The molecule has 0 bridgehead atoms. The van der Waals surface area contributed by atoms with Gasteiger partial charge in [0, 0.05) is 12.0 Å². The van der Waals surface area contributed by atoms with Crippen LogP contribution in [0.5, 0.6) is 0 Å². The minimum absolute atomic E-state index is 0.0442. The van der Waals surface area contributed by atoms with E-state index in [1.54, 1.807) is 19.1 Å². The highest BCUT2D eigenvalue weighted by Gasteiger charge is 2.07. The number of carbonyl (C=O) groups excluding carboxylic acids is 2. The largest absolute Gasteiger partial charge is 0.463 e. The molecule has 0 aliphatic heterocycles. The highest BCUT2D eigenvalue weighted by Crippen LogP contribution is 2.02. The van der Waals surface area contributed by atoms with Gasteiger partial charge in [-0.05, 0) is 20.3 Å². The van der Waals surface area contributed by atoms with Crippen LogP contribution in [0.25, 0.3) is 0 Å². The molecule has 0 aromatic rings. The lowest BCUT2D eigenvalue weighted by molar-refractivity contribution is -0.138. The number of hydrogen-bond donors (Lipinski definition) is 0. The summed E-state index contributed by atoms with van der Waals surface area (Å²) >= 11 is 0. The van der Waals surface area contributed by atoms with Gasteiger partial charge in [-0.2, -0.15) is 0 Å². The Morgan fingerprint density at radius 2 is 2.00 bits per heavy atom. The summed E-state index contributed by atoms with van der Waals surface area (Å²) in [6.07, 6.45) is 7.13. The predicted molar refractivity (Wildman–Crippen MR) is 59.4 cm³/mol. The third-order valence-corrected chi connectivity index (χ3v) is 2.03. The van der Waals surface area contributed by atoms with Crippen LogP contribution in [0.3, 0.4) is 0 Å². The van der Waals surface area contributed by atoms with Crippen LogP contribution in [0.15, 0.2) is 24.3 Å². The quantitative estimate of drug-likeness (QED) is 0.384. The maximum atomic E-state index is 11.0. The number of hydrogen-bond acceptors (Lipinski definition) is 3. The zero-order chi connectivity index (χ0) is 11.7. The molecule has 84 valence electrons. The van der Waals surface area contributed by atoms with Crippen molar-refractivity contribution < 1.29 is 14.3 Å².